The second-order valence-electron chi connectivity index (χ2n) is 15.2. The third-order valence-electron chi connectivity index (χ3n) is 12.3. The van der Waals surface area contributed by atoms with Crippen molar-refractivity contribution in [3.05, 3.63) is 11.6 Å². The number of allylic oxidation sites excluding steroid dienone is 2. The van der Waals surface area contributed by atoms with Crippen LogP contribution < -0.4 is 0 Å². The summed E-state index contributed by atoms with van der Waals surface area (Å²) in [6.07, 6.45) is 11.7. The Morgan fingerprint density at radius 1 is 1.03 bits per heavy atom. The van der Waals surface area contributed by atoms with Crippen LogP contribution in [0.4, 0.5) is 0 Å². The van der Waals surface area contributed by atoms with Gasteiger partial charge in [-0.25, -0.2) is 0 Å². The van der Waals surface area contributed by atoms with E-state index in [0.717, 1.165) is 51.4 Å². The van der Waals surface area contributed by atoms with Crippen molar-refractivity contribution in [1.82, 2.24) is 0 Å². The van der Waals surface area contributed by atoms with Gasteiger partial charge in [-0.05, 0) is 97.7 Å². The van der Waals surface area contributed by atoms with E-state index in [2.05, 4.69) is 40.7 Å². The van der Waals surface area contributed by atoms with E-state index in [1.807, 2.05) is 19.9 Å². The fourth-order valence-electron chi connectivity index (χ4n) is 9.86. The molecule has 4 nitrogen and oxygen atoms in total. The Balaban J connectivity index is 1.81. The highest BCUT2D eigenvalue weighted by atomic mass is 16.1. The molecule has 0 saturated heterocycles. The fourth-order valence-corrected chi connectivity index (χ4v) is 9.86. The molecule has 0 aliphatic heterocycles. The van der Waals surface area contributed by atoms with E-state index >= 15 is 0 Å². The van der Waals surface area contributed by atoms with Gasteiger partial charge in [-0.1, -0.05) is 54.5 Å². The maximum Gasteiger partial charge on any atom is 0.178 e. The zero-order chi connectivity index (χ0) is 26.9. The fraction of sp³-hybridized carbons (Fsp3) is 0.812. The highest BCUT2D eigenvalue weighted by Gasteiger charge is 2.66. The molecule has 0 aromatic heterocycles. The summed E-state index contributed by atoms with van der Waals surface area (Å²) < 4.78 is 0. The van der Waals surface area contributed by atoms with Crippen LogP contribution in [0.5, 0.6) is 0 Å². The maximum absolute atomic E-state index is 13.2. The Bertz CT molecular complexity index is 1050. The molecule has 0 aromatic carbocycles. The number of nitrogens with zero attached hydrogens (tertiary/aromatic N) is 1. The number of fused-ring (bicyclic) bond motifs is 2. The summed E-state index contributed by atoms with van der Waals surface area (Å²) in [6.45, 7) is 17.4. The van der Waals surface area contributed by atoms with Gasteiger partial charge in [-0.15, -0.1) is 0 Å². The standard InChI is InChI=1S/C32H47NO3/c1-21(35)15-25-30(7)16-22(19-33)26(36)28(4,5)24(30)9-10-31(25,8)29(6)12-14-32(20-34)13-11-27(2,3)17-23(32)18-29/h16,20,23-25H,9-15,17-18H2,1-8H3/t23?,24?,25-,29-,30+,31-,32-/m1/s1. The molecular formula is C32H47NO3. The van der Waals surface area contributed by atoms with Gasteiger partial charge in [-0.3, -0.25) is 4.79 Å². The van der Waals surface area contributed by atoms with Crippen LogP contribution in [0.25, 0.3) is 0 Å². The molecule has 198 valence electrons. The van der Waals surface area contributed by atoms with Crippen molar-refractivity contribution in [2.24, 2.45) is 50.2 Å². The van der Waals surface area contributed by atoms with E-state index in [-0.39, 0.29) is 50.6 Å². The summed E-state index contributed by atoms with van der Waals surface area (Å²) in [4.78, 5) is 38.5. The van der Waals surface area contributed by atoms with E-state index in [1.165, 1.54) is 6.29 Å². The third kappa shape index (κ3) is 3.78. The molecule has 4 aliphatic carbocycles. The Hall–Kier alpha value is -1.76. The molecule has 4 aliphatic rings. The number of ketones is 2. The number of hydrogen-bond donors (Lipinski definition) is 0. The minimum absolute atomic E-state index is 0.0159. The first kappa shape index (κ1) is 27.3. The van der Waals surface area contributed by atoms with E-state index in [0.29, 0.717) is 12.3 Å². The van der Waals surface area contributed by atoms with Crippen LogP contribution in [0.3, 0.4) is 0 Å². The minimum atomic E-state index is -0.627. The monoisotopic (exact) mass is 493 g/mol. The first-order valence-corrected chi connectivity index (χ1v) is 14.1. The van der Waals surface area contributed by atoms with Gasteiger partial charge < -0.3 is 9.59 Å². The van der Waals surface area contributed by atoms with Gasteiger partial charge in [0.25, 0.3) is 0 Å². The molecule has 0 aromatic rings. The van der Waals surface area contributed by atoms with Gasteiger partial charge >= 0.3 is 0 Å². The van der Waals surface area contributed by atoms with Crippen molar-refractivity contribution < 1.29 is 14.4 Å². The van der Waals surface area contributed by atoms with Gasteiger partial charge in [0.15, 0.2) is 5.78 Å². The number of rotatable bonds is 4. The van der Waals surface area contributed by atoms with Gasteiger partial charge in [-0.2, -0.15) is 5.26 Å². The van der Waals surface area contributed by atoms with Crippen LogP contribution in [0, 0.1) is 61.6 Å². The molecule has 0 N–H and O–H groups in total. The highest BCUT2D eigenvalue weighted by molar-refractivity contribution is 6.04. The average molecular weight is 494 g/mol. The van der Waals surface area contributed by atoms with E-state index < -0.39 is 10.8 Å². The average Bonchev–Trinajstić information content (AvgIpc) is 2.78. The minimum Gasteiger partial charge on any atom is -0.303 e. The number of aldehydes is 1. The van der Waals surface area contributed by atoms with Crippen molar-refractivity contribution in [3.63, 3.8) is 0 Å². The van der Waals surface area contributed by atoms with Gasteiger partial charge in [0.05, 0.1) is 5.57 Å². The number of carbonyl (C=O) groups is 3. The second kappa shape index (κ2) is 8.37. The Kier molecular flexibility index (Phi) is 6.34. The largest absolute Gasteiger partial charge is 0.303 e. The zero-order valence-electron chi connectivity index (χ0n) is 23.9. The molecule has 0 spiro atoms. The number of nitriles is 1. The van der Waals surface area contributed by atoms with E-state index in [4.69, 9.17) is 0 Å². The molecule has 0 radical (unpaired) electrons. The van der Waals surface area contributed by atoms with E-state index in [1.54, 1.807) is 6.92 Å². The lowest BCUT2D eigenvalue weighted by Gasteiger charge is -2.67. The first-order chi connectivity index (χ1) is 16.5. The molecule has 0 bridgehead atoms. The van der Waals surface area contributed by atoms with Crippen molar-refractivity contribution >= 4 is 17.9 Å². The summed E-state index contributed by atoms with van der Waals surface area (Å²) in [6, 6.07) is 2.20. The van der Waals surface area contributed by atoms with Crippen LogP contribution in [0.15, 0.2) is 11.6 Å². The third-order valence-corrected chi connectivity index (χ3v) is 12.3. The lowest BCUT2D eigenvalue weighted by atomic mass is 9.36. The number of carbonyl (C=O) groups excluding carboxylic acids is 3. The topological polar surface area (TPSA) is 75.0 Å². The number of hydrogen-bond acceptors (Lipinski definition) is 4. The summed E-state index contributed by atoms with van der Waals surface area (Å²) in [5.74, 6) is 0.633. The molecule has 3 saturated carbocycles. The Morgan fingerprint density at radius 3 is 2.25 bits per heavy atom. The lowest BCUT2D eigenvalue weighted by molar-refractivity contribution is -0.177. The Labute approximate surface area is 218 Å². The molecule has 4 rings (SSSR count). The molecule has 7 atom stereocenters. The van der Waals surface area contributed by atoms with Crippen LogP contribution >= 0.6 is 0 Å². The van der Waals surface area contributed by atoms with Gasteiger partial charge in [0, 0.05) is 17.3 Å². The van der Waals surface area contributed by atoms with Gasteiger partial charge in [0.1, 0.15) is 18.1 Å². The predicted molar refractivity (Wildman–Crippen MR) is 142 cm³/mol. The molecular weight excluding hydrogens is 446 g/mol. The van der Waals surface area contributed by atoms with Gasteiger partial charge in [0.2, 0.25) is 0 Å². The van der Waals surface area contributed by atoms with Crippen LogP contribution in [-0.2, 0) is 14.4 Å². The lowest BCUT2D eigenvalue weighted by Crippen LogP contribution is -2.62. The molecule has 2 unspecified atom stereocenters. The maximum atomic E-state index is 13.2. The Morgan fingerprint density at radius 2 is 1.67 bits per heavy atom. The second-order valence-corrected chi connectivity index (χ2v) is 15.2. The predicted octanol–water partition coefficient (Wildman–Crippen LogP) is 7.26. The van der Waals surface area contributed by atoms with Crippen LogP contribution in [0.2, 0.25) is 0 Å². The van der Waals surface area contributed by atoms with E-state index in [9.17, 15) is 19.6 Å². The molecule has 0 heterocycles. The highest BCUT2D eigenvalue weighted by Crippen LogP contribution is 2.71. The van der Waals surface area contributed by atoms with Crippen LogP contribution in [0.1, 0.15) is 113 Å². The molecule has 0 amide bonds. The summed E-state index contributed by atoms with van der Waals surface area (Å²) in [7, 11) is 0. The SMILES string of the molecule is CC(=O)C[C@@H]1[C@@]2(C)C=C(C#N)C(=O)C(C)(C)C2CC[C@@]1(C)[C@]1(C)CC[C@@]2(C=O)CCC(C)(C)CC2C1. The van der Waals surface area contributed by atoms with Crippen molar-refractivity contribution in [1.29, 1.82) is 5.26 Å². The molecule has 36 heavy (non-hydrogen) atoms. The summed E-state index contributed by atoms with van der Waals surface area (Å²) >= 11 is 0. The summed E-state index contributed by atoms with van der Waals surface area (Å²) in [5, 5.41) is 9.89. The summed E-state index contributed by atoms with van der Waals surface area (Å²) in [5.41, 5.74) is -0.869. The van der Waals surface area contributed by atoms with Crippen molar-refractivity contribution in [3.8, 4) is 6.07 Å². The first-order valence-electron chi connectivity index (χ1n) is 14.1. The van der Waals surface area contributed by atoms with Crippen molar-refractivity contribution in [2.75, 3.05) is 0 Å². The van der Waals surface area contributed by atoms with Crippen LogP contribution in [-0.4, -0.2) is 17.9 Å². The zero-order valence-corrected chi connectivity index (χ0v) is 23.9. The normalized spacial score (nSPS) is 45.5. The van der Waals surface area contributed by atoms with Crippen molar-refractivity contribution in [2.45, 2.75) is 113 Å². The molecule has 3 fully saturated rings. The molecule has 4 heteroatoms. The smallest absolute Gasteiger partial charge is 0.178 e. The quantitative estimate of drug-likeness (QED) is 0.386. The number of Topliss-reactive ketones (excluding diaryl/α,β-unsaturated/α-hetero) is 2.